The van der Waals surface area contributed by atoms with Crippen molar-refractivity contribution in [1.82, 2.24) is 0 Å². The molecule has 1 aliphatic heterocycles. The van der Waals surface area contributed by atoms with Crippen LogP contribution in [0.4, 0.5) is 5.69 Å². The van der Waals surface area contributed by atoms with E-state index in [1.54, 1.807) is 18.7 Å². The molecule has 0 N–H and O–H groups in total. The Bertz CT molecular complexity index is 648. The van der Waals surface area contributed by atoms with Crippen molar-refractivity contribution in [3.05, 3.63) is 53.8 Å². The fourth-order valence-electron chi connectivity index (χ4n) is 2.41. The van der Waals surface area contributed by atoms with E-state index < -0.39 is 11.7 Å². The monoisotopic (exact) mass is 301 g/mol. The van der Waals surface area contributed by atoms with Crippen LogP contribution in [-0.4, -0.2) is 24.7 Å². The average molecular weight is 301 g/mol. The van der Waals surface area contributed by atoms with E-state index in [1.807, 2.05) is 37.3 Å². The van der Waals surface area contributed by atoms with Gasteiger partial charge in [-0.05, 0) is 38.5 Å². The van der Waals surface area contributed by atoms with E-state index >= 15 is 0 Å². The molecular weight excluding hydrogens is 282 g/mol. The molecule has 0 aromatic heterocycles. The molecule has 0 spiro atoms. The molecule has 0 fully saturated rings. The van der Waals surface area contributed by atoms with Crippen molar-refractivity contribution in [2.45, 2.75) is 26.5 Å². The largest absolute Gasteiger partial charge is 0.471 e. The number of hydrogen-bond acceptors (Lipinski definition) is 4. The van der Waals surface area contributed by atoms with Crippen molar-refractivity contribution in [3.63, 3.8) is 0 Å². The number of methoxy groups -OCH3 is 1. The van der Waals surface area contributed by atoms with Gasteiger partial charge >= 0.3 is 5.97 Å². The summed E-state index contributed by atoms with van der Waals surface area (Å²) in [7, 11) is 1.29. The molecule has 22 heavy (non-hydrogen) atoms. The standard InChI is InChI=1S/C17H19NO4/c1-12-13(2)17(3,22-11-10-15(19)21-4)18(16(12)20)14-8-6-5-7-9-14/h5-11H,1-4H3/b11-10+/t17-/m0/s1. The number of ether oxygens (including phenoxy) is 2. The van der Waals surface area contributed by atoms with Gasteiger partial charge in [-0.25, -0.2) is 4.79 Å². The molecule has 1 aromatic rings. The summed E-state index contributed by atoms with van der Waals surface area (Å²) in [5.74, 6) is -0.629. The molecule has 1 heterocycles. The summed E-state index contributed by atoms with van der Waals surface area (Å²) in [5, 5.41) is 0. The zero-order valence-corrected chi connectivity index (χ0v) is 13.1. The van der Waals surface area contributed by atoms with Crippen molar-refractivity contribution in [2.75, 3.05) is 12.0 Å². The summed E-state index contributed by atoms with van der Waals surface area (Å²) >= 11 is 0. The molecule has 5 nitrogen and oxygen atoms in total. The van der Waals surface area contributed by atoms with Crippen LogP contribution in [0.25, 0.3) is 0 Å². The second-order valence-electron chi connectivity index (χ2n) is 5.15. The molecule has 0 bridgehead atoms. The van der Waals surface area contributed by atoms with Gasteiger partial charge in [0.2, 0.25) is 5.72 Å². The topological polar surface area (TPSA) is 55.8 Å². The number of hydrogen-bond donors (Lipinski definition) is 0. The third-order valence-electron chi connectivity index (χ3n) is 3.93. The minimum absolute atomic E-state index is 0.113. The molecule has 0 radical (unpaired) electrons. The lowest BCUT2D eigenvalue weighted by Crippen LogP contribution is -2.47. The van der Waals surface area contributed by atoms with Crippen molar-refractivity contribution in [1.29, 1.82) is 0 Å². The van der Waals surface area contributed by atoms with Crippen LogP contribution in [0.5, 0.6) is 0 Å². The maximum absolute atomic E-state index is 12.6. The highest BCUT2D eigenvalue weighted by Crippen LogP contribution is 2.39. The van der Waals surface area contributed by atoms with Gasteiger partial charge < -0.3 is 9.47 Å². The van der Waals surface area contributed by atoms with E-state index in [0.29, 0.717) is 5.57 Å². The maximum atomic E-state index is 12.6. The molecule has 1 aromatic carbocycles. The Morgan fingerprint density at radius 2 is 1.86 bits per heavy atom. The molecule has 0 saturated carbocycles. The number of carbonyl (C=O) groups is 2. The van der Waals surface area contributed by atoms with Gasteiger partial charge in [-0.2, -0.15) is 0 Å². The van der Waals surface area contributed by atoms with Crippen LogP contribution in [0.1, 0.15) is 20.8 Å². The van der Waals surface area contributed by atoms with E-state index in [-0.39, 0.29) is 5.91 Å². The lowest BCUT2D eigenvalue weighted by atomic mass is 10.1. The van der Waals surface area contributed by atoms with E-state index in [2.05, 4.69) is 4.74 Å². The van der Waals surface area contributed by atoms with Crippen LogP contribution in [0.2, 0.25) is 0 Å². The molecule has 116 valence electrons. The summed E-state index contributed by atoms with van der Waals surface area (Å²) in [6, 6.07) is 9.28. The molecule has 5 heteroatoms. The molecule has 0 unspecified atom stereocenters. The number of benzene rings is 1. The van der Waals surface area contributed by atoms with Gasteiger partial charge in [0.05, 0.1) is 19.4 Å². The summed E-state index contributed by atoms with van der Waals surface area (Å²) in [5.41, 5.74) is 1.19. The van der Waals surface area contributed by atoms with Crippen LogP contribution >= 0.6 is 0 Å². The Kier molecular flexibility index (Phi) is 4.35. The average Bonchev–Trinajstić information content (AvgIpc) is 2.69. The van der Waals surface area contributed by atoms with Crippen LogP contribution in [0, 0.1) is 0 Å². The van der Waals surface area contributed by atoms with Gasteiger partial charge in [0.1, 0.15) is 0 Å². The number of esters is 1. The number of carbonyl (C=O) groups excluding carboxylic acids is 2. The SMILES string of the molecule is COC(=O)/C=C/O[C@@]1(C)C(C)=C(C)C(=O)N1c1ccccc1. The first-order chi connectivity index (χ1) is 10.4. The number of anilines is 1. The number of rotatable bonds is 4. The Hall–Kier alpha value is -2.56. The van der Waals surface area contributed by atoms with Crippen LogP contribution in [0.3, 0.4) is 0 Å². The first-order valence-electron chi connectivity index (χ1n) is 6.91. The van der Waals surface area contributed by atoms with E-state index in [0.717, 1.165) is 11.3 Å². The Balaban J connectivity index is 2.37. The molecule has 2 rings (SSSR count). The zero-order valence-electron chi connectivity index (χ0n) is 13.1. The summed E-state index contributed by atoms with van der Waals surface area (Å²) in [6.45, 7) is 5.42. The summed E-state index contributed by atoms with van der Waals surface area (Å²) in [6.07, 6.45) is 2.44. The van der Waals surface area contributed by atoms with Crippen molar-refractivity contribution in [3.8, 4) is 0 Å². The predicted molar refractivity (Wildman–Crippen MR) is 82.9 cm³/mol. The highest BCUT2D eigenvalue weighted by Gasteiger charge is 2.47. The van der Waals surface area contributed by atoms with Crippen LogP contribution in [-0.2, 0) is 19.1 Å². The molecular formula is C17H19NO4. The van der Waals surface area contributed by atoms with Gasteiger partial charge in [0.25, 0.3) is 5.91 Å². The van der Waals surface area contributed by atoms with Gasteiger partial charge in [0.15, 0.2) is 0 Å². The van der Waals surface area contributed by atoms with Crippen molar-refractivity contribution in [2.24, 2.45) is 0 Å². The van der Waals surface area contributed by atoms with Gasteiger partial charge in [-0.1, -0.05) is 18.2 Å². The van der Waals surface area contributed by atoms with Gasteiger partial charge in [-0.15, -0.1) is 0 Å². The molecule has 1 atom stereocenters. The summed E-state index contributed by atoms with van der Waals surface area (Å²) in [4.78, 5) is 25.3. The van der Waals surface area contributed by atoms with E-state index in [4.69, 9.17) is 4.74 Å². The predicted octanol–water partition coefficient (Wildman–Crippen LogP) is 2.79. The number of para-hydroxylation sites is 1. The molecule has 1 amide bonds. The third kappa shape index (κ3) is 2.62. The normalized spacial score (nSPS) is 21.6. The lowest BCUT2D eigenvalue weighted by Gasteiger charge is -2.36. The Morgan fingerprint density at radius 3 is 2.45 bits per heavy atom. The van der Waals surface area contributed by atoms with Crippen LogP contribution < -0.4 is 4.90 Å². The van der Waals surface area contributed by atoms with Crippen molar-refractivity contribution >= 4 is 17.6 Å². The quantitative estimate of drug-likeness (QED) is 0.487. The first-order valence-corrected chi connectivity index (χ1v) is 6.91. The third-order valence-corrected chi connectivity index (χ3v) is 3.93. The first kappa shape index (κ1) is 15.8. The molecule has 1 aliphatic rings. The second kappa shape index (κ2) is 6.05. The van der Waals surface area contributed by atoms with Gasteiger partial charge in [0, 0.05) is 11.3 Å². The van der Waals surface area contributed by atoms with Crippen molar-refractivity contribution < 1.29 is 19.1 Å². The Labute approximate surface area is 129 Å². The minimum Gasteiger partial charge on any atom is -0.471 e. The lowest BCUT2D eigenvalue weighted by molar-refractivity contribution is -0.135. The van der Waals surface area contributed by atoms with E-state index in [1.165, 1.54) is 19.4 Å². The summed E-state index contributed by atoms with van der Waals surface area (Å²) < 4.78 is 10.3. The fourth-order valence-corrected chi connectivity index (χ4v) is 2.41. The number of amides is 1. The van der Waals surface area contributed by atoms with Crippen LogP contribution in [0.15, 0.2) is 53.8 Å². The zero-order chi connectivity index (χ0) is 16.3. The maximum Gasteiger partial charge on any atom is 0.333 e. The second-order valence-corrected chi connectivity index (χ2v) is 5.15. The highest BCUT2D eigenvalue weighted by atomic mass is 16.5. The Morgan fingerprint density at radius 1 is 1.23 bits per heavy atom. The highest BCUT2D eigenvalue weighted by molar-refractivity contribution is 6.10. The minimum atomic E-state index is -0.979. The number of nitrogens with zero attached hydrogens (tertiary/aromatic N) is 1. The molecule has 0 saturated heterocycles. The fraction of sp³-hybridized carbons (Fsp3) is 0.294. The molecule has 0 aliphatic carbocycles. The van der Waals surface area contributed by atoms with Gasteiger partial charge in [-0.3, -0.25) is 9.69 Å². The smallest absolute Gasteiger partial charge is 0.333 e. The van der Waals surface area contributed by atoms with E-state index in [9.17, 15) is 9.59 Å².